The van der Waals surface area contributed by atoms with E-state index in [-0.39, 0.29) is 0 Å². The van der Waals surface area contributed by atoms with Gasteiger partial charge in [0.25, 0.3) is 0 Å². The molecular weight excluding hydrogens is 220 g/mol. The minimum atomic E-state index is 0.855. The van der Waals surface area contributed by atoms with Gasteiger partial charge in [-0.25, -0.2) is 0 Å². The molecule has 0 aliphatic heterocycles. The van der Waals surface area contributed by atoms with E-state index in [9.17, 15) is 0 Å². The van der Waals surface area contributed by atoms with Gasteiger partial charge in [0.1, 0.15) is 5.75 Å². The molecule has 0 spiro atoms. The van der Waals surface area contributed by atoms with Gasteiger partial charge >= 0.3 is 0 Å². The van der Waals surface area contributed by atoms with Gasteiger partial charge in [0.15, 0.2) is 0 Å². The summed E-state index contributed by atoms with van der Waals surface area (Å²) in [7, 11) is 1.66. The number of hydrogen-bond acceptors (Lipinski definition) is 1. The summed E-state index contributed by atoms with van der Waals surface area (Å²) in [6.45, 7) is 11.6. The van der Waals surface area contributed by atoms with Crippen molar-refractivity contribution in [1.82, 2.24) is 0 Å². The average Bonchev–Trinajstić information content (AvgIpc) is 2.39. The molecule has 0 bridgehead atoms. The molecule has 0 saturated heterocycles. The highest BCUT2D eigenvalue weighted by Crippen LogP contribution is 2.21. The molecule has 0 aliphatic rings. The fraction of sp³-hybridized carbons (Fsp3) is 0.176. The van der Waals surface area contributed by atoms with Crippen molar-refractivity contribution >= 4 is 5.57 Å². The lowest BCUT2D eigenvalue weighted by Crippen LogP contribution is -1.86. The van der Waals surface area contributed by atoms with E-state index in [1.54, 1.807) is 7.11 Å². The van der Waals surface area contributed by atoms with Gasteiger partial charge in [-0.2, -0.15) is 0 Å². The SMILES string of the molecule is C=CCC(=CC(=C)c1ccc(OC)cc1)CC=C. The van der Waals surface area contributed by atoms with Crippen molar-refractivity contribution in [3.05, 3.63) is 73.4 Å². The van der Waals surface area contributed by atoms with Gasteiger partial charge in [-0.05, 0) is 36.1 Å². The van der Waals surface area contributed by atoms with Crippen LogP contribution in [0, 0.1) is 0 Å². The molecule has 0 radical (unpaired) electrons. The second-order valence-corrected chi connectivity index (χ2v) is 4.04. The molecule has 0 heterocycles. The molecule has 1 aromatic carbocycles. The normalized spacial score (nSPS) is 9.39. The van der Waals surface area contributed by atoms with Gasteiger partial charge in [0.05, 0.1) is 7.11 Å². The van der Waals surface area contributed by atoms with E-state index in [2.05, 4.69) is 25.8 Å². The number of ether oxygens (including phenoxy) is 1. The summed E-state index contributed by atoms with van der Waals surface area (Å²) in [6, 6.07) is 7.90. The average molecular weight is 240 g/mol. The van der Waals surface area contributed by atoms with Crippen molar-refractivity contribution in [2.24, 2.45) is 0 Å². The summed E-state index contributed by atoms with van der Waals surface area (Å²) in [5, 5.41) is 0. The van der Waals surface area contributed by atoms with Crippen LogP contribution in [-0.4, -0.2) is 7.11 Å². The maximum Gasteiger partial charge on any atom is 0.118 e. The van der Waals surface area contributed by atoms with Gasteiger partial charge < -0.3 is 4.74 Å². The molecule has 1 nitrogen and oxygen atoms in total. The maximum atomic E-state index is 5.14. The van der Waals surface area contributed by atoms with Crippen molar-refractivity contribution in [3.8, 4) is 5.75 Å². The van der Waals surface area contributed by atoms with Crippen LogP contribution in [0.3, 0.4) is 0 Å². The van der Waals surface area contributed by atoms with Gasteiger partial charge in [-0.15, -0.1) is 13.2 Å². The molecule has 1 rings (SSSR count). The predicted octanol–water partition coefficient (Wildman–Crippen LogP) is 4.79. The summed E-state index contributed by atoms with van der Waals surface area (Å²) < 4.78 is 5.14. The Bertz CT molecular complexity index is 437. The Kier molecular flexibility index (Phi) is 5.72. The molecule has 0 amide bonds. The minimum absolute atomic E-state index is 0.855. The molecule has 0 fully saturated rings. The summed E-state index contributed by atoms with van der Waals surface area (Å²) >= 11 is 0. The first-order valence-electron chi connectivity index (χ1n) is 5.95. The molecule has 0 aromatic heterocycles. The fourth-order valence-corrected chi connectivity index (χ4v) is 1.71. The quantitative estimate of drug-likeness (QED) is 0.492. The molecule has 1 aromatic rings. The largest absolute Gasteiger partial charge is 0.497 e. The second kappa shape index (κ2) is 7.33. The van der Waals surface area contributed by atoms with Gasteiger partial charge in [-0.1, -0.05) is 42.5 Å². The highest BCUT2D eigenvalue weighted by molar-refractivity contribution is 5.73. The molecule has 0 N–H and O–H groups in total. The summed E-state index contributed by atoms with van der Waals surface area (Å²) in [6.07, 6.45) is 7.63. The monoisotopic (exact) mass is 240 g/mol. The van der Waals surface area contributed by atoms with Crippen molar-refractivity contribution in [2.75, 3.05) is 7.11 Å². The van der Waals surface area contributed by atoms with E-state index in [1.807, 2.05) is 36.4 Å². The van der Waals surface area contributed by atoms with Gasteiger partial charge in [0.2, 0.25) is 0 Å². The lowest BCUT2D eigenvalue weighted by Gasteiger charge is -2.06. The Morgan fingerprint density at radius 2 is 1.67 bits per heavy atom. The van der Waals surface area contributed by atoms with Crippen LogP contribution in [-0.2, 0) is 0 Å². The molecule has 94 valence electrons. The fourth-order valence-electron chi connectivity index (χ4n) is 1.71. The molecule has 0 unspecified atom stereocenters. The van der Waals surface area contributed by atoms with Crippen molar-refractivity contribution in [3.63, 3.8) is 0 Å². The van der Waals surface area contributed by atoms with Crippen molar-refractivity contribution in [2.45, 2.75) is 12.8 Å². The van der Waals surface area contributed by atoms with Crippen LogP contribution in [0.4, 0.5) is 0 Å². The Balaban J connectivity index is 2.86. The van der Waals surface area contributed by atoms with E-state index in [4.69, 9.17) is 4.74 Å². The maximum absolute atomic E-state index is 5.14. The zero-order chi connectivity index (χ0) is 13.4. The van der Waals surface area contributed by atoms with Gasteiger partial charge in [-0.3, -0.25) is 0 Å². The first-order chi connectivity index (χ1) is 8.71. The Morgan fingerprint density at radius 1 is 1.11 bits per heavy atom. The van der Waals surface area contributed by atoms with E-state index < -0.39 is 0 Å². The Labute approximate surface area is 110 Å². The van der Waals surface area contributed by atoms with E-state index in [0.717, 1.165) is 29.7 Å². The van der Waals surface area contributed by atoms with E-state index >= 15 is 0 Å². The highest BCUT2D eigenvalue weighted by atomic mass is 16.5. The van der Waals surface area contributed by atoms with Crippen LogP contribution in [0.25, 0.3) is 5.57 Å². The Hall–Kier alpha value is -2.02. The highest BCUT2D eigenvalue weighted by Gasteiger charge is 1.99. The smallest absolute Gasteiger partial charge is 0.118 e. The van der Waals surface area contributed by atoms with Crippen LogP contribution >= 0.6 is 0 Å². The number of rotatable bonds is 7. The molecule has 0 aliphatic carbocycles. The molecule has 0 saturated carbocycles. The third kappa shape index (κ3) is 4.10. The predicted molar refractivity (Wildman–Crippen MR) is 79.7 cm³/mol. The summed E-state index contributed by atoms with van der Waals surface area (Å²) in [5.74, 6) is 0.855. The van der Waals surface area contributed by atoms with Crippen LogP contribution in [0.2, 0.25) is 0 Å². The minimum Gasteiger partial charge on any atom is -0.497 e. The first-order valence-corrected chi connectivity index (χ1v) is 5.95. The van der Waals surface area contributed by atoms with Crippen LogP contribution < -0.4 is 4.74 Å². The second-order valence-electron chi connectivity index (χ2n) is 4.04. The van der Waals surface area contributed by atoms with Gasteiger partial charge in [0, 0.05) is 0 Å². The summed E-state index contributed by atoms with van der Waals surface area (Å²) in [5.41, 5.74) is 3.36. The third-order valence-electron chi connectivity index (χ3n) is 2.65. The summed E-state index contributed by atoms with van der Waals surface area (Å²) in [4.78, 5) is 0. The van der Waals surface area contributed by atoms with Crippen LogP contribution in [0.15, 0.2) is 67.8 Å². The lowest BCUT2D eigenvalue weighted by molar-refractivity contribution is 0.415. The molecule has 1 heteroatoms. The Morgan fingerprint density at radius 3 is 2.11 bits per heavy atom. The van der Waals surface area contributed by atoms with E-state index in [0.29, 0.717) is 0 Å². The van der Waals surface area contributed by atoms with E-state index in [1.165, 1.54) is 5.57 Å². The first kappa shape index (κ1) is 14.0. The molecule has 18 heavy (non-hydrogen) atoms. The van der Waals surface area contributed by atoms with Crippen LogP contribution in [0.1, 0.15) is 18.4 Å². The lowest BCUT2D eigenvalue weighted by atomic mass is 10.0. The van der Waals surface area contributed by atoms with Crippen LogP contribution in [0.5, 0.6) is 5.75 Å². The molecule has 0 atom stereocenters. The third-order valence-corrected chi connectivity index (χ3v) is 2.65. The standard InChI is InChI=1S/C17H20O/c1-5-7-15(8-6-2)13-14(3)16-9-11-17(18-4)12-10-16/h5-6,9-13H,1-3,7-8H2,4H3. The zero-order valence-corrected chi connectivity index (χ0v) is 11.0. The molecular formula is C17H20O. The number of methoxy groups -OCH3 is 1. The number of allylic oxidation sites excluding steroid dienone is 5. The number of benzene rings is 1. The van der Waals surface area contributed by atoms with Crippen molar-refractivity contribution in [1.29, 1.82) is 0 Å². The van der Waals surface area contributed by atoms with Crippen molar-refractivity contribution < 1.29 is 4.74 Å². The topological polar surface area (TPSA) is 9.23 Å². The zero-order valence-electron chi connectivity index (χ0n) is 11.0. The number of hydrogen-bond donors (Lipinski definition) is 0.